The van der Waals surface area contributed by atoms with E-state index in [4.69, 9.17) is 10.00 Å². The minimum Gasteiger partial charge on any atom is -0.488 e. The van der Waals surface area contributed by atoms with Crippen molar-refractivity contribution in [3.05, 3.63) is 74.7 Å². The summed E-state index contributed by atoms with van der Waals surface area (Å²) in [5.41, 5.74) is 1.60. The Kier molecular flexibility index (Phi) is 7.57. The zero-order valence-corrected chi connectivity index (χ0v) is 19.2. The topological polar surface area (TPSA) is 112 Å². The molecular weight excluding hydrogens is 454 g/mol. The zero-order valence-electron chi connectivity index (χ0n) is 18.4. The minimum absolute atomic E-state index is 0.0324. The van der Waals surface area contributed by atoms with Gasteiger partial charge in [0.15, 0.2) is 5.17 Å². The van der Waals surface area contributed by atoms with Gasteiger partial charge in [-0.25, -0.2) is 0 Å². The number of piperazine rings is 1. The van der Waals surface area contributed by atoms with Gasteiger partial charge in [-0.05, 0) is 41.6 Å². The molecule has 10 heteroatoms. The van der Waals surface area contributed by atoms with Crippen molar-refractivity contribution in [3.63, 3.8) is 0 Å². The number of rotatable bonds is 7. The van der Waals surface area contributed by atoms with Crippen LogP contribution in [-0.4, -0.2) is 58.5 Å². The molecule has 2 aromatic rings. The summed E-state index contributed by atoms with van der Waals surface area (Å²) in [5, 5.41) is 20.3. The number of thioether (sulfide) groups is 1. The summed E-state index contributed by atoms with van der Waals surface area (Å²) in [7, 11) is 0. The number of nitro benzene ring substituents is 1. The van der Waals surface area contributed by atoms with Gasteiger partial charge >= 0.3 is 0 Å². The Morgan fingerprint density at radius 3 is 2.59 bits per heavy atom. The van der Waals surface area contributed by atoms with E-state index in [9.17, 15) is 14.9 Å². The first kappa shape index (κ1) is 23.5. The van der Waals surface area contributed by atoms with Crippen LogP contribution in [0.2, 0.25) is 0 Å². The largest absolute Gasteiger partial charge is 0.488 e. The number of nitro groups is 1. The maximum atomic E-state index is 12.6. The summed E-state index contributed by atoms with van der Waals surface area (Å²) in [6, 6.07) is 15.8. The number of nitrogens with zero attached hydrogens (tertiary/aromatic N) is 5. The van der Waals surface area contributed by atoms with Gasteiger partial charge in [-0.2, -0.15) is 10.3 Å². The molecule has 34 heavy (non-hydrogen) atoms. The van der Waals surface area contributed by atoms with Crippen molar-refractivity contribution in [1.29, 1.82) is 5.26 Å². The maximum absolute atomic E-state index is 12.6. The van der Waals surface area contributed by atoms with Gasteiger partial charge in [0.2, 0.25) is 0 Å². The number of hydrogen-bond acceptors (Lipinski definition) is 8. The number of amides is 1. The molecule has 174 valence electrons. The van der Waals surface area contributed by atoms with Crippen LogP contribution in [0.4, 0.5) is 5.69 Å². The number of non-ortho nitro benzene ring substituents is 1. The van der Waals surface area contributed by atoms with Crippen LogP contribution >= 0.6 is 11.8 Å². The lowest BCUT2D eigenvalue weighted by Crippen LogP contribution is -2.47. The number of nitriles is 1. The lowest BCUT2D eigenvalue weighted by Gasteiger charge is -2.34. The van der Waals surface area contributed by atoms with E-state index in [0.717, 1.165) is 43.9 Å². The molecule has 0 bridgehead atoms. The fourth-order valence-corrected chi connectivity index (χ4v) is 4.61. The van der Waals surface area contributed by atoms with Crippen molar-refractivity contribution >= 4 is 34.6 Å². The molecule has 2 aliphatic heterocycles. The zero-order chi connectivity index (χ0) is 23.9. The summed E-state index contributed by atoms with van der Waals surface area (Å²) in [5.74, 6) is 0.346. The highest BCUT2D eigenvalue weighted by Crippen LogP contribution is 2.33. The van der Waals surface area contributed by atoms with E-state index in [2.05, 4.69) is 20.9 Å². The van der Waals surface area contributed by atoms with Crippen molar-refractivity contribution in [2.45, 2.75) is 13.0 Å². The Morgan fingerprint density at radius 1 is 1.15 bits per heavy atom. The van der Waals surface area contributed by atoms with Crippen molar-refractivity contribution in [2.24, 2.45) is 4.99 Å². The predicted molar refractivity (Wildman–Crippen MR) is 130 cm³/mol. The number of ether oxygens (including phenoxy) is 1. The normalized spacial score (nSPS) is 17.5. The molecule has 1 fully saturated rings. The highest BCUT2D eigenvalue weighted by Gasteiger charge is 2.28. The number of benzene rings is 2. The molecule has 0 aliphatic carbocycles. The molecule has 4 rings (SSSR count). The third-order valence-corrected chi connectivity index (χ3v) is 6.58. The molecule has 0 aromatic heterocycles. The van der Waals surface area contributed by atoms with Crippen molar-refractivity contribution < 1.29 is 14.5 Å². The third kappa shape index (κ3) is 5.81. The van der Waals surface area contributed by atoms with E-state index in [1.807, 2.05) is 24.3 Å². The summed E-state index contributed by atoms with van der Waals surface area (Å²) in [4.78, 5) is 32.1. The molecule has 0 radical (unpaired) electrons. The molecule has 0 spiro atoms. The van der Waals surface area contributed by atoms with E-state index in [-0.39, 0.29) is 18.2 Å². The van der Waals surface area contributed by atoms with E-state index >= 15 is 0 Å². The molecule has 1 amide bonds. The molecule has 0 N–H and O–H groups in total. The average Bonchev–Trinajstić information content (AvgIpc) is 3.22. The first-order chi connectivity index (χ1) is 16.5. The van der Waals surface area contributed by atoms with Gasteiger partial charge in [0, 0.05) is 56.8 Å². The van der Waals surface area contributed by atoms with Gasteiger partial charge in [0.05, 0.1) is 15.9 Å². The van der Waals surface area contributed by atoms with Gasteiger partial charge in [0.1, 0.15) is 12.4 Å². The number of hydrogen-bond donors (Lipinski definition) is 0. The highest BCUT2D eigenvalue weighted by atomic mass is 32.2. The van der Waals surface area contributed by atoms with Gasteiger partial charge in [-0.1, -0.05) is 18.2 Å². The predicted octanol–water partition coefficient (Wildman–Crippen LogP) is 3.68. The number of amidine groups is 1. The molecule has 0 unspecified atom stereocenters. The van der Waals surface area contributed by atoms with E-state index in [0.29, 0.717) is 22.2 Å². The van der Waals surface area contributed by atoms with E-state index in [1.165, 1.54) is 23.9 Å². The van der Waals surface area contributed by atoms with E-state index < -0.39 is 4.92 Å². The summed E-state index contributed by atoms with van der Waals surface area (Å²) in [6.45, 7) is 4.24. The highest BCUT2D eigenvalue weighted by molar-refractivity contribution is 8.18. The second kappa shape index (κ2) is 11.0. The first-order valence-electron chi connectivity index (χ1n) is 10.9. The van der Waals surface area contributed by atoms with Crippen molar-refractivity contribution in [1.82, 2.24) is 9.80 Å². The summed E-state index contributed by atoms with van der Waals surface area (Å²) < 4.78 is 5.94. The number of carbonyl (C=O) groups is 1. The van der Waals surface area contributed by atoms with Crippen LogP contribution in [0.15, 0.2) is 58.4 Å². The average molecular weight is 478 g/mol. The monoisotopic (exact) mass is 477 g/mol. The van der Waals surface area contributed by atoms with Gasteiger partial charge in [-0.3, -0.25) is 19.8 Å². The molecule has 2 aliphatic rings. The van der Waals surface area contributed by atoms with Crippen LogP contribution in [-0.2, 0) is 11.4 Å². The Morgan fingerprint density at radius 2 is 1.88 bits per heavy atom. The summed E-state index contributed by atoms with van der Waals surface area (Å²) >= 11 is 1.36. The second-order valence-electron chi connectivity index (χ2n) is 7.80. The molecular formula is C24H23N5O4S. The first-order valence-corrected chi connectivity index (χ1v) is 11.7. The number of carbonyl (C=O) groups excluding carboxylic acids is 1. The van der Waals surface area contributed by atoms with Crippen LogP contribution in [0.1, 0.15) is 17.5 Å². The SMILES string of the molecule is N#CCCN1CCN(C2=NC(=O)C(=Cc3ccccc3OCc3ccc([N+](=O)[O-])cc3)S2)CC1. The summed E-state index contributed by atoms with van der Waals surface area (Å²) in [6.07, 6.45) is 2.31. The number of aliphatic imine (C=N–C) groups is 1. The van der Waals surface area contributed by atoms with E-state index in [1.54, 1.807) is 18.2 Å². The number of para-hydroxylation sites is 1. The fraction of sp³-hybridized carbons (Fsp3) is 0.292. The Bertz CT molecular complexity index is 1160. The smallest absolute Gasteiger partial charge is 0.286 e. The fourth-order valence-electron chi connectivity index (χ4n) is 3.65. The Balaban J connectivity index is 1.38. The molecule has 2 aromatic carbocycles. The molecule has 0 atom stereocenters. The second-order valence-corrected chi connectivity index (χ2v) is 8.81. The third-order valence-electron chi connectivity index (χ3n) is 5.54. The lowest BCUT2D eigenvalue weighted by molar-refractivity contribution is -0.384. The van der Waals surface area contributed by atoms with Crippen molar-refractivity contribution in [3.8, 4) is 11.8 Å². The van der Waals surface area contributed by atoms with Gasteiger partial charge in [-0.15, -0.1) is 0 Å². The van der Waals surface area contributed by atoms with Crippen LogP contribution in [0, 0.1) is 21.4 Å². The maximum Gasteiger partial charge on any atom is 0.286 e. The van der Waals surface area contributed by atoms with Crippen LogP contribution in [0.5, 0.6) is 5.75 Å². The molecule has 9 nitrogen and oxygen atoms in total. The van der Waals surface area contributed by atoms with Crippen molar-refractivity contribution in [2.75, 3.05) is 32.7 Å². The lowest BCUT2D eigenvalue weighted by atomic mass is 10.1. The molecule has 0 saturated carbocycles. The van der Waals surface area contributed by atoms with Crippen LogP contribution < -0.4 is 4.74 Å². The quantitative estimate of drug-likeness (QED) is 0.337. The molecule has 1 saturated heterocycles. The Hall–Kier alpha value is -3.68. The minimum atomic E-state index is -0.437. The van der Waals surface area contributed by atoms with Crippen LogP contribution in [0.25, 0.3) is 6.08 Å². The Labute approximate surface area is 201 Å². The molecule has 2 heterocycles. The van der Waals surface area contributed by atoms with Crippen LogP contribution in [0.3, 0.4) is 0 Å². The van der Waals surface area contributed by atoms with Gasteiger partial charge in [0.25, 0.3) is 11.6 Å². The standard InChI is InChI=1S/C24H23N5O4S/c25-10-3-11-27-12-14-28(15-13-27)24-26-23(30)22(34-24)16-19-4-1-2-5-21(19)33-17-18-6-8-20(9-7-18)29(31)32/h1-2,4-9,16H,3,11-15,17H2. The van der Waals surface area contributed by atoms with Gasteiger partial charge < -0.3 is 9.64 Å².